The number of fused-ring (bicyclic) bond motifs is 1. The molecule has 2 aliphatic rings. The van der Waals surface area contributed by atoms with E-state index in [2.05, 4.69) is 10.3 Å². The molecular weight excluding hydrogens is 308 g/mol. The highest BCUT2D eigenvalue weighted by Gasteiger charge is 2.32. The van der Waals surface area contributed by atoms with E-state index in [1.165, 1.54) is 0 Å². The Morgan fingerprint density at radius 2 is 2.17 bits per heavy atom. The summed E-state index contributed by atoms with van der Waals surface area (Å²) in [6, 6.07) is 5.34. The average molecular weight is 326 g/mol. The molecule has 2 heterocycles. The van der Waals surface area contributed by atoms with Gasteiger partial charge in [-0.1, -0.05) is 0 Å². The molecule has 2 aromatic rings. The van der Waals surface area contributed by atoms with Crippen LogP contribution in [0, 0.1) is 5.92 Å². The van der Waals surface area contributed by atoms with E-state index in [9.17, 15) is 9.59 Å². The first kappa shape index (κ1) is 14.7. The van der Waals surface area contributed by atoms with Gasteiger partial charge in [-0.2, -0.15) is 0 Å². The lowest BCUT2D eigenvalue weighted by atomic mass is 10.1. The minimum absolute atomic E-state index is 0.00252. The van der Waals surface area contributed by atoms with Crippen molar-refractivity contribution in [3.05, 3.63) is 24.4 Å². The number of carbonyl (C=O) groups excluding carboxylic acids is 2. The van der Waals surface area contributed by atoms with Crippen LogP contribution in [0.1, 0.15) is 19.8 Å². The molecule has 124 valence electrons. The number of nitrogens with two attached hydrogens (primary N) is 1. The first-order valence-corrected chi connectivity index (χ1v) is 7.99. The summed E-state index contributed by atoms with van der Waals surface area (Å²) in [4.78, 5) is 29.7. The van der Waals surface area contributed by atoms with Gasteiger partial charge in [0.1, 0.15) is 12.4 Å². The van der Waals surface area contributed by atoms with Crippen LogP contribution in [0.4, 0.5) is 22.0 Å². The van der Waals surface area contributed by atoms with Crippen molar-refractivity contribution in [2.75, 3.05) is 22.6 Å². The molecule has 3 N–H and O–H groups in total. The Bertz CT molecular complexity index is 847. The topological polar surface area (TPSA) is 97.6 Å². The third-order valence-electron chi connectivity index (χ3n) is 4.42. The van der Waals surface area contributed by atoms with Crippen LogP contribution in [0.3, 0.4) is 0 Å². The van der Waals surface area contributed by atoms with Crippen molar-refractivity contribution in [2.45, 2.75) is 25.8 Å². The summed E-state index contributed by atoms with van der Waals surface area (Å²) in [6.07, 6.45) is 3.14. The third kappa shape index (κ3) is 2.51. The highest BCUT2D eigenvalue weighted by molar-refractivity contribution is 6.01. The number of rotatable bonds is 3. The van der Waals surface area contributed by atoms with E-state index in [0.29, 0.717) is 23.8 Å². The van der Waals surface area contributed by atoms with Gasteiger partial charge in [0, 0.05) is 23.2 Å². The van der Waals surface area contributed by atoms with Gasteiger partial charge in [0.2, 0.25) is 5.91 Å². The van der Waals surface area contributed by atoms with E-state index in [1.807, 2.05) is 13.0 Å². The SMILES string of the molecule is C[C@@H]1COC(=O)N1c1cc(N)c2cnc(NC(=O)C3CC3)cc2c1. The molecule has 1 saturated carbocycles. The van der Waals surface area contributed by atoms with Crippen molar-refractivity contribution in [3.8, 4) is 0 Å². The molecule has 7 heteroatoms. The largest absolute Gasteiger partial charge is 0.447 e. The van der Waals surface area contributed by atoms with E-state index < -0.39 is 0 Å². The van der Waals surface area contributed by atoms with Crippen molar-refractivity contribution in [1.29, 1.82) is 0 Å². The summed E-state index contributed by atoms with van der Waals surface area (Å²) in [5, 5.41) is 4.42. The number of anilines is 3. The highest BCUT2D eigenvalue weighted by Crippen LogP contribution is 2.33. The molecule has 0 bridgehead atoms. The summed E-state index contributed by atoms with van der Waals surface area (Å²) in [5.74, 6) is 0.606. The van der Waals surface area contributed by atoms with Crippen LogP contribution in [0.15, 0.2) is 24.4 Å². The molecule has 2 amide bonds. The standard InChI is InChI=1S/C17H18N4O3/c1-9-8-24-17(23)21(9)12-4-11-5-15(20-16(22)10-2-3-10)19-7-13(11)14(18)6-12/h4-7,9-10H,2-3,8,18H2,1H3,(H,19,20,22)/t9-/m1/s1. The number of hydrogen-bond acceptors (Lipinski definition) is 5. The maximum absolute atomic E-state index is 11.9. The van der Waals surface area contributed by atoms with Gasteiger partial charge < -0.3 is 15.8 Å². The van der Waals surface area contributed by atoms with Gasteiger partial charge in [0.25, 0.3) is 0 Å². The second-order valence-electron chi connectivity index (χ2n) is 6.39. The lowest BCUT2D eigenvalue weighted by molar-refractivity contribution is -0.117. The van der Waals surface area contributed by atoms with Crippen LogP contribution in [0.25, 0.3) is 10.8 Å². The molecule has 24 heavy (non-hydrogen) atoms. The van der Waals surface area contributed by atoms with Crippen molar-refractivity contribution in [3.63, 3.8) is 0 Å². The molecule has 1 aliphatic heterocycles. The predicted molar refractivity (Wildman–Crippen MR) is 90.8 cm³/mol. The van der Waals surface area contributed by atoms with Crippen molar-refractivity contribution in [1.82, 2.24) is 4.98 Å². The quantitative estimate of drug-likeness (QED) is 0.845. The fourth-order valence-electron chi connectivity index (χ4n) is 2.93. The number of ether oxygens (including phenoxy) is 1. The van der Waals surface area contributed by atoms with Crippen LogP contribution in [-0.2, 0) is 9.53 Å². The van der Waals surface area contributed by atoms with Crippen molar-refractivity contribution in [2.24, 2.45) is 5.92 Å². The summed E-state index contributed by atoms with van der Waals surface area (Å²) in [7, 11) is 0. The monoisotopic (exact) mass is 326 g/mol. The molecule has 4 rings (SSSR count). The highest BCUT2D eigenvalue weighted by atomic mass is 16.6. The van der Waals surface area contributed by atoms with Gasteiger partial charge in [-0.25, -0.2) is 9.78 Å². The minimum atomic E-state index is -0.377. The normalized spacial score (nSPS) is 20.3. The zero-order valence-corrected chi connectivity index (χ0v) is 13.3. The Hall–Kier alpha value is -2.83. The van der Waals surface area contributed by atoms with E-state index in [0.717, 1.165) is 23.6 Å². The number of pyridine rings is 1. The number of hydrogen-bond donors (Lipinski definition) is 2. The summed E-state index contributed by atoms with van der Waals surface area (Å²) >= 11 is 0. The zero-order valence-electron chi connectivity index (χ0n) is 13.3. The first-order valence-electron chi connectivity index (χ1n) is 7.99. The second kappa shape index (κ2) is 5.36. The number of amides is 2. The fraction of sp³-hybridized carbons (Fsp3) is 0.353. The van der Waals surface area contributed by atoms with Crippen LogP contribution in [0.5, 0.6) is 0 Å². The van der Waals surface area contributed by atoms with Gasteiger partial charge >= 0.3 is 6.09 Å². The molecule has 7 nitrogen and oxygen atoms in total. The van der Waals surface area contributed by atoms with E-state index >= 15 is 0 Å². The molecule has 0 radical (unpaired) electrons. The third-order valence-corrected chi connectivity index (χ3v) is 4.42. The molecule has 0 unspecified atom stereocenters. The van der Waals surface area contributed by atoms with Crippen LogP contribution >= 0.6 is 0 Å². The van der Waals surface area contributed by atoms with Gasteiger partial charge in [0.05, 0.1) is 11.7 Å². The maximum atomic E-state index is 11.9. The molecule has 2 fully saturated rings. The number of aromatic nitrogens is 1. The smallest absolute Gasteiger partial charge is 0.414 e. The number of nitrogens with zero attached hydrogens (tertiary/aromatic N) is 2. The van der Waals surface area contributed by atoms with E-state index in [1.54, 1.807) is 23.2 Å². The number of carbonyl (C=O) groups is 2. The number of nitrogens with one attached hydrogen (secondary N) is 1. The Morgan fingerprint density at radius 1 is 1.38 bits per heavy atom. The molecule has 1 atom stereocenters. The van der Waals surface area contributed by atoms with Crippen LogP contribution < -0.4 is 16.0 Å². The zero-order chi connectivity index (χ0) is 16.8. The van der Waals surface area contributed by atoms with Crippen molar-refractivity contribution >= 4 is 40.0 Å². The average Bonchev–Trinajstić information content (AvgIpc) is 3.33. The summed E-state index contributed by atoms with van der Waals surface area (Å²) < 4.78 is 5.07. The van der Waals surface area contributed by atoms with Gasteiger partial charge in [-0.05, 0) is 43.4 Å². The van der Waals surface area contributed by atoms with Crippen molar-refractivity contribution < 1.29 is 14.3 Å². The Morgan fingerprint density at radius 3 is 2.83 bits per heavy atom. The molecule has 0 spiro atoms. The second-order valence-corrected chi connectivity index (χ2v) is 6.39. The summed E-state index contributed by atoms with van der Waals surface area (Å²) in [6.45, 7) is 2.27. The first-order chi connectivity index (χ1) is 11.5. The maximum Gasteiger partial charge on any atom is 0.414 e. The van der Waals surface area contributed by atoms with Gasteiger partial charge in [-0.15, -0.1) is 0 Å². The van der Waals surface area contributed by atoms with E-state index in [-0.39, 0.29) is 24.0 Å². The molecule has 1 aromatic carbocycles. The predicted octanol–water partition coefficient (Wildman–Crippen LogP) is 2.51. The lowest BCUT2D eigenvalue weighted by Crippen LogP contribution is -2.30. The molecule has 1 aromatic heterocycles. The van der Waals surface area contributed by atoms with Crippen LogP contribution in [0.2, 0.25) is 0 Å². The van der Waals surface area contributed by atoms with Crippen LogP contribution in [-0.4, -0.2) is 29.6 Å². The van der Waals surface area contributed by atoms with Gasteiger partial charge in [-0.3, -0.25) is 9.69 Å². The molecule has 1 aliphatic carbocycles. The number of nitrogen functional groups attached to an aromatic ring is 1. The number of cyclic esters (lactones) is 1. The molecule has 1 saturated heterocycles. The Labute approximate surface area is 138 Å². The molecular formula is C17H18N4O3. The lowest BCUT2D eigenvalue weighted by Gasteiger charge is -2.19. The Kier molecular flexibility index (Phi) is 3.30. The van der Waals surface area contributed by atoms with Gasteiger partial charge in [0.15, 0.2) is 0 Å². The fourth-order valence-corrected chi connectivity index (χ4v) is 2.93. The Balaban J connectivity index is 1.71. The number of benzene rings is 1. The van der Waals surface area contributed by atoms with E-state index in [4.69, 9.17) is 10.5 Å². The summed E-state index contributed by atoms with van der Waals surface area (Å²) in [5.41, 5.74) is 7.33. The minimum Gasteiger partial charge on any atom is -0.447 e.